The molecule has 0 unspecified atom stereocenters. The zero-order chi connectivity index (χ0) is 21.0. The summed E-state index contributed by atoms with van der Waals surface area (Å²) in [5.74, 6) is -0.788. The van der Waals surface area contributed by atoms with Gasteiger partial charge in [0.05, 0.1) is 17.2 Å². The summed E-state index contributed by atoms with van der Waals surface area (Å²) in [6, 6.07) is 8.22. The average molecular weight is 485 g/mol. The summed E-state index contributed by atoms with van der Waals surface area (Å²) < 4.78 is 47.0. The van der Waals surface area contributed by atoms with Crippen LogP contribution in [0.4, 0.5) is 10.1 Å². The Kier molecular flexibility index (Phi) is 6.92. The van der Waals surface area contributed by atoms with Crippen LogP contribution in [0.1, 0.15) is 36.5 Å². The molecule has 1 aliphatic heterocycles. The fraction of sp³-hybridized carbons (Fsp3) is 0.350. The van der Waals surface area contributed by atoms with Gasteiger partial charge in [0, 0.05) is 23.1 Å². The summed E-state index contributed by atoms with van der Waals surface area (Å²) in [7, 11) is -3.67. The predicted molar refractivity (Wildman–Crippen MR) is 112 cm³/mol. The van der Waals surface area contributed by atoms with E-state index in [1.807, 2.05) is 0 Å². The smallest absolute Gasteiger partial charge is 0.255 e. The maximum atomic E-state index is 13.6. The first-order valence-corrected chi connectivity index (χ1v) is 11.6. The normalized spacial score (nSPS) is 15.1. The van der Waals surface area contributed by atoms with Crippen LogP contribution in [0.25, 0.3) is 0 Å². The predicted octanol–water partition coefficient (Wildman–Crippen LogP) is 4.41. The molecule has 156 valence electrons. The Hall–Kier alpha value is -1.97. The summed E-state index contributed by atoms with van der Waals surface area (Å²) in [4.78, 5) is 12.7. The number of sulfonamides is 1. The number of nitrogens with one attached hydrogen (secondary N) is 1. The van der Waals surface area contributed by atoms with Gasteiger partial charge in [-0.2, -0.15) is 4.31 Å². The van der Waals surface area contributed by atoms with E-state index >= 15 is 0 Å². The van der Waals surface area contributed by atoms with Crippen molar-refractivity contribution >= 4 is 37.5 Å². The van der Waals surface area contributed by atoms with Crippen LogP contribution in [0.15, 0.2) is 45.8 Å². The van der Waals surface area contributed by atoms with Crippen LogP contribution in [-0.2, 0) is 10.0 Å². The molecule has 2 aromatic carbocycles. The summed E-state index contributed by atoms with van der Waals surface area (Å²) in [6.07, 6.45) is 2.67. The van der Waals surface area contributed by atoms with Crippen molar-refractivity contribution in [2.45, 2.75) is 31.1 Å². The number of piperidine rings is 1. The lowest BCUT2D eigenvalue weighted by atomic mass is 10.2. The molecule has 0 atom stereocenters. The number of nitrogens with zero attached hydrogens (tertiary/aromatic N) is 1. The van der Waals surface area contributed by atoms with Gasteiger partial charge in [-0.25, -0.2) is 12.8 Å². The Morgan fingerprint density at radius 2 is 1.90 bits per heavy atom. The number of hydrogen-bond donors (Lipinski definition) is 1. The van der Waals surface area contributed by atoms with Crippen LogP contribution in [0, 0.1) is 5.82 Å². The molecule has 1 saturated heterocycles. The zero-order valence-electron chi connectivity index (χ0n) is 16.0. The Morgan fingerprint density at radius 3 is 2.55 bits per heavy atom. The van der Waals surface area contributed by atoms with Crippen LogP contribution in [-0.4, -0.2) is 38.3 Å². The van der Waals surface area contributed by atoms with Crippen molar-refractivity contribution in [3.05, 3.63) is 52.3 Å². The van der Waals surface area contributed by atoms with Crippen LogP contribution >= 0.6 is 15.9 Å². The third-order valence-corrected chi connectivity index (χ3v) is 6.93. The Balaban J connectivity index is 1.93. The number of hydrogen-bond acceptors (Lipinski definition) is 4. The second-order valence-electron chi connectivity index (χ2n) is 6.67. The standard InChI is InChI=1S/C20H22BrFN2O4S/c1-2-28-19-7-6-17(29(26,27)24-8-4-3-5-9-24)13-18(19)23-20(25)14-10-15(21)12-16(22)11-14/h6-7,10-13H,2-5,8-9H2,1H3,(H,23,25). The van der Waals surface area contributed by atoms with Crippen molar-refractivity contribution in [1.29, 1.82) is 0 Å². The highest BCUT2D eigenvalue weighted by Gasteiger charge is 2.27. The minimum Gasteiger partial charge on any atom is -0.492 e. The molecule has 0 bridgehead atoms. The number of anilines is 1. The third-order valence-electron chi connectivity index (χ3n) is 4.58. The lowest BCUT2D eigenvalue weighted by Gasteiger charge is -2.26. The molecule has 0 saturated carbocycles. The highest BCUT2D eigenvalue weighted by Crippen LogP contribution is 2.31. The first kappa shape index (κ1) is 21.7. The minimum atomic E-state index is -3.67. The number of carbonyl (C=O) groups is 1. The lowest BCUT2D eigenvalue weighted by Crippen LogP contribution is -2.35. The summed E-state index contributed by atoms with van der Waals surface area (Å²) >= 11 is 3.16. The van der Waals surface area contributed by atoms with E-state index in [2.05, 4.69) is 21.2 Å². The van der Waals surface area contributed by atoms with Gasteiger partial charge in [-0.15, -0.1) is 0 Å². The number of rotatable bonds is 6. The van der Waals surface area contributed by atoms with Gasteiger partial charge in [-0.3, -0.25) is 4.79 Å². The molecule has 6 nitrogen and oxygen atoms in total. The summed E-state index contributed by atoms with van der Waals surface area (Å²) in [5, 5.41) is 2.65. The van der Waals surface area contributed by atoms with Gasteiger partial charge in [0.1, 0.15) is 11.6 Å². The number of ether oxygens (including phenoxy) is 1. The fourth-order valence-electron chi connectivity index (χ4n) is 3.18. The Labute approximate surface area is 178 Å². The Morgan fingerprint density at radius 1 is 1.17 bits per heavy atom. The fourth-order valence-corrected chi connectivity index (χ4v) is 5.19. The van der Waals surface area contributed by atoms with Gasteiger partial charge in [0.2, 0.25) is 10.0 Å². The highest BCUT2D eigenvalue weighted by atomic mass is 79.9. The van der Waals surface area contributed by atoms with E-state index < -0.39 is 21.7 Å². The minimum absolute atomic E-state index is 0.0820. The second-order valence-corrected chi connectivity index (χ2v) is 9.52. The molecule has 0 aliphatic carbocycles. The summed E-state index contributed by atoms with van der Waals surface area (Å²) in [5.41, 5.74) is 0.318. The molecule has 29 heavy (non-hydrogen) atoms. The Bertz CT molecular complexity index is 987. The topological polar surface area (TPSA) is 75.7 Å². The van der Waals surface area contributed by atoms with Crippen LogP contribution in [0.3, 0.4) is 0 Å². The SMILES string of the molecule is CCOc1ccc(S(=O)(=O)N2CCCCC2)cc1NC(=O)c1cc(F)cc(Br)c1. The van der Waals surface area contributed by atoms with Crippen molar-refractivity contribution in [2.75, 3.05) is 25.0 Å². The maximum Gasteiger partial charge on any atom is 0.255 e. The molecular weight excluding hydrogens is 463 g/mol. The molecule has 0 radical (unpaired) electrons. The van der Waals surface area contributed by atoms with Gasteiger partial charge >= 0.3 is 0 Å². The molecule has 0 spiro atoms. The molecule has 1 amide bonds. The molecule has 2 aromatic rings. The quantitative estimate of drug-likeness (QED) is 0.658. The van der Waals surface area contributed by atoms with Gasteiger partial charge < -0.3 is 10.1 Å². The molecule has 1 heterocycles. The molecule has 1 aliphatic rings. The number of halogens is 2. The van der Waals surface area contributed by atoms with Crippen molar-refractivity contribution < 1.29 is 22.3 Å². The number of amides is 1. The van der Waals surface area contributed by atoms with Crippen molar-refractivity contribution in [1.82, 2.24) is 4.31 Å². The first-order valence-electron chi connectivity index (χ1n) is 9.35. The van der Waals surface area contributed by atoms with E-state index in [9.17, 15) is 17.6 Å². The maximum absolute atomic E-state index is 13.6. The number of benzene rings is 2. The van der Waals surface area contributed by atoms with Crippen molar-refractivity contribution in [3.8, 4) is 5.75 Å². The van der Waals surface area contributed by atoms with E-state index in [4.69, 9.17) is 4.74 Å². The van der Waals surface area contributed by atoms with Gasteiger partial charge in [0.15, 0.2) is 0 Å². The van der Waals surface area contributed by atoms with Gasteiger partial charge in [0.25, 0.3) is 5.91 Å². The molecule has 1 fully saturated rings. The van der Waals surface area contributed by atoms with Crippen molar-refractivity contribution in [2.24, 2.45) is 0 Å². The third kappa shape index (κ3) is 5.15. The monoisotopic (exact) mass is 484 g/mol. The lowest BCUT2D eigenvalue weighted by molar-refractivity contribution is 0.102. The highest BCUT2D eigenvalue weighted by molar-refractivity contribution is 9.10. The zero-order valence-corrected chi connectivity index (χ0v) is 18.4. The van der Waals surface area contributed by atoms with Crippen molar-refractivity contribution in [3.63, 3.8) is 0 Å². The van der Waals surface area contributed by atoms with E-state index in [1.54, 1.807) is 6.92 Å². The van der Waals surface area contributed by atoms with Crippen LogP contribution in [0.2, 0.25) is 0 Å². The first-order chi connectivity index (χ1) is 13.8. The van der Waals surface area contributed by atoms with E-state index in [0.29, 0.717) is 29.9 Å². The largest absolute Gasteiger partial charge is 0.492 e. The number of carbonyl (C=O) groups excluding carboxylic acids is 1. The summed E-state index contributed by atoms with van der Waals surface area (Å²) in [6.45, 7) is 3.09. The van der Waals surface area contributed by atoms with E-state index in [0.717, 1.165) is 25.3 Å². The van der Waals surface area contributed by atoms with E-state index in [-0.39, 0.29) is 16.1 Å². The van der Waals surface area contributed by atoms with Crippen LogP contribution in [0.5, 0.6) is 5.75 Å². The second kappa shape index (κ2) is 9.23. The van der Waals surface area contributed by atoms with Crippen LogP contribution < -0.4 is 10.1 Å². The molecule has 3 rings (SSSR count). The molecule has 9 heteroatoms. The van der Waals surface area contributed by atoms with Gasteiger partial charge in [-0.05, 0) is 56.2 Å². The van der Waals surface area contributed by atoms with Gasteiger partial charge in [-0.1, -0.05) is 22.4 Å². The average Bonchev–Trinajstić information content (AvgIpc) is 2.69. The molecule has 0 aromatic heterocycles. The molecular formula is C20H22BrFN2O4S. The molecule has 1 N–H and O–H groups in total. The van der Waals surface area contributed by atoms with E-state index in [1.165, 1.54) is 34.6 Å².